The van der Waals surface area contributed by atoms with Crippen LogP contribution in [0.25, 0.3) is 11.1 Å². The number of hydrogen-bond donors (Lipinski definition) is 2. The number of primary amides is 1. The van der Waals surface area contributed by atoms with Crippen molar-refractivity contribution < 1.29 is 19.1 Å². The van der Waals surface area contributed by atoms with E-state index in [0.717, 1.165) is 28.0 Å². The highest BCUT2D eigenvalue weighted by atomic mass is 16.6. The highest BCUT2D eigenvalue weighted by Gasteiger charge is 2.37. The fourth-order valence-corrected chi connectivity index (χ4v) is 3.60. The quantitative estimate of drug-likeness (QED) is 0.668. The third-order valence-corrected chi connectivity index (χ3v) is 5.63. The van der Waals surface area contributed by atoms with E-state index in [2.05, 4.69) is 11.4 Å². The first-order valence-electron chi connectivity index (χ1n) is 11.3. The number of nitriles is 1. The maximum Gasteiger partial charge on any atom is 0.418 e. The number of urea groups is 1. The van der Waals surface area contributed by atoms with Crippen LogP contribution in [0.1, 0.15) is 51.2 Å². The van der Waals surface area contributed by atoms with E-state index in [1.54, 1.807) is 32.9 Å². The zero-order chi connectivity index (χ0) is 24.9. The fourth-order valence-electron chi connectivity index (χ4n) is 3.60. The fraction of sp³-hybridized carbons (Fsp3) is 0.385. The van der Waals surface area contributed by atoms with Gasteiger partial charge in [0.15, 0.2) is 0 Å². The van der Waals surface area contributed by atoms with Crippen molar-refractivity contribution in [1.82, 2.24) is 10.2 Å². The largest absolute Gasteiger partial charge is 0.443 e. The number of nitrogens with zero attached hydrogens (tertiary/aromatic N) is 2. The lowest BCUT2D eigenvalue weighted by molar-refractivity contribution is -0.119. The van der Waals surface area contributed by atoms with E-state index in [1.165, 1.54) is 0 Å². The molecule has 0 radical (unpaired) electrons. The van der Waals surface area contributed by atoms with Crippen LogP contribution in [0.15, 0.2) is 48.5 Å². The zero-order valence-corrected chi connectivity index (χ0v) is 19.7. The second-order valence-corrected chi connectivity index (χ2v) is 9.43. The van der Waals surface area contributed by atoms with E-state index in [0.29, 0.717) is 18.4 Å². The number of nitrogens with one attached hydrogen (secondary N) is 1. The summed E-state index contributed by atoms with van der Waals surface area (Å²) in [6, 6.07) is 14.9. The smallest absolute Gasteiger partial charge is 0.418 e. The van der Waals surface area contributed by atoms with Gasteiger partial charge in [-0.25, -0.2) is 14.5 Å². The van der Waals surface area contributed by atoms with E-state index in [-0.39, 0.29) is 12.5 Å². The Kier molecular flexibility index (Phi) is 7.57. The molecule has 0 aromatic heterocycles. The van der Waals surface area contributed by atoms with Gasteiger partial charge in [0.1, 0.15) is 11.6 Å². The van der Waals surface area contributed by atoms with Gasteiger partial charge in [-0.2, -0.15) is 5.26 Å². The van der Waals surface area contributed by atoms with Crippen LogP contribution in [0.3, 0.4) is 0 Å². The number of benzene rings is 2. The van der Waals surface area contributed by atoms with Crippen LogP contribution in [0, 0.1) is 11.3 Å². The van der Waals surface area contributed by atoms with Gasteiger partial charge >= 0.3 is 12.1 Å². The van der Waals surface area contributed by atoms with Gasteiger partial charge in [0, 0.05) is 12.5 Å². The van der Waals surface area contributed by atoms with Crippen molar-refractivity contribution in [3.8, 4) is 17.2 Å². The van der Waals surface area contributed by atoms with Crippen LogP contribution in [-0.4, -0.2) is 40.6 Å². The summed E-state index contributed by atoms with van der Waals surface area (Å²) >= 11 is 0. The van der Waals surface area contributed by atoms with Gasteiger partial charge in [-0.05, 0) is 68.9 Å². The van der Waals surface area contributed by atoms with E-state index in [1.807, 2.05) is 36.4 Å². The van der Waals surface area contributed by atoms with Crippen molar-refractivity contribution in [2.45, 2.75) is 64.1 Å². The Labute approximate surface area is 199 Å². The van der Waals surface area contributed by atoms with E-state index in [4.69, 9.17) is 15.7 Å². The molecule has 1 fully saturated rings. The minimum atomic E-state index is -0.988. The Bertz CT molecular complexity index is 1080. The summed E-state index contributed by atoms with van der Waals surface area (Å²) in [6.07, 6.45) is 1.77. The van der Waals surface area contributed by atoms with E-state index < -0.39 is 29.7 Å². The average molecular weight is 463 g/mol. The highest BCUT2D eigenvalue weighted by molar-refractivity contribution is 5.94. The van der Waals surface area contributed by atoms with Gasteiger partial charge in [0.2, 0.25) is 5.91 Å². The van der Waals surface area contributed by atoms with Gasteiger partial charge in [0.05, 0.1) is 11.6 Å². The molecule has 1 saturated carbocycles. The molecule has 8 heteroatoms. The SMILES string of the molecule is CC(C)(C)OC(=O)N(C(=O)N[C@@H](Cc1ccc(-c2ccc(C#N)cc2)cc1)C(N)=O)C1CCC1. The number of nitrogens with two attached hydrogens (primary N) is 1. The Morgan fingerprint density at radius 3 is 2.09 bits per heavy atom. The first-order valence-corrected chi connectivity index (χ1v) is 11.3. The Morgan fingerprint density at radius 2 is 1.65 bits per heavy atom. The lowest BCUT2D eigenvalue weighted by atomic mass is 9.92. The third kappa shape index (κ3) is 6.35. The number of hydrogen-bond acceptors (Lipinski definition) is 5. The summed E-state index contributed by atoms with van der Waals surface area (Å²) in [4.78, 5) is 38.8. The second kappa shape index (κ2) is 10.4. The lowest BCUT2D eigenvalue weighted by Crippen LogP contribution is -2.57. The molecule has 0 spiro atoms. The molecule has 178 valence electrons. The van der Waals surface area contributed by atoms with Crippen molar-refractivity contribution in [3.05, 3.63) is 59.7 Å². The monoisotopic (exact) mass is 462 g/mol. The molecule has 8 nitrogen and oxygen atoms in total. The Balaban J connectivity index is 1.70. The van der Waals surface area contributed by atoms with Crippen molar-refractivity contribution in [1.29, 1.82) is 5.26 Å². The summed E-state index contributed by atoms with van der Waals surface area (Å²) in [5, 5.41) is 11.6. The molecular formula is C26H30N4O4. The van der Waals surface area contributed by atoms with Gasteiger partial charge in [-0.1, -0.05) is 36.4 Å². The maximum atomic E-state index is 13.0. The topological polar surface area (TPSA) is 126 Å². The Hall–Kier alpha value is -3.86. The first-order chi connectivity index (χ1) is 16.1. The van der Waals surface area contributed by atoms with E-state index >= 15 is 0 Å². The predicted molar refractivity (Wildman–Crippen MR) is 128 cm³/mol. The van der Waals surface area contributed by atoms with Crippen molar-refractivity contribution in [3.63, 3.8) is 0 Å². The first kappa shape index (κ1) is 24.8. The van der Waals surface area contributed by atoms with Gasteiger partial charge < -0.3 is 15.8 Å². The summed E-state index contributed by atoms with van der Waals surface area (Å²) in [5.74, 6) is -0.692. The van der Waals surface area contributed by atoms with Crippen LogP contribution < -0.4 is 11.1 Å². The summed E-state index contributed by atoms with van der Waals surface area (Å²) < 4.78 is 5.40. The highest BCUT2D eigenvalue weighted by Crippen LogP contribution is 2.27. The van der Waals surface area contributed by atoms with Crippen LogP contribution in [-0.2, 0) is 16.0 Å². The molecule has 0 aliphatic heterocycles. The number of ether oxygens (including phenoxy) is 1. The molecule has 0 bridgehead atoms. The summed E-state index contributed by atoms with van der Waals surface area (Å²) in [5.41, 5.74) is 8.11. The molecular weight excluding hydrogens is 432 g/mol. The van der Waals surface area contributed by atoms with E-state index in [9.17, 15) is 14.4 Å². The molecule has 1 aliphatic rings. The molecule has 0 heterocycles. The molecule has 2 aromatic rings. The molecule has 1 aliphatic carbocycles. The molecule has 2 aromatic carbocycles. The molecule has 3 rings (SSSR count). The second-order valence-electron chi connectivity index (χ2n) is 9.43. The number of rotatable bonds is 6. The van der Waals surface area contributed by atoms with Gasteiger partial charge in [0.25, 0.3) is 0 Å². The normalized spacial score (nSPS) is 14.3. The number of imide groups is 1. The minimum absolute atomic E-state index is 0.182. The molecule has 4 amide bonds. The van der Waals surface area contributed by atoms with Crippen LogP contribution in [0.4, 0.5) is 9.59 Å². The number of carbonyl (C=O) groups excluding carboxylic acids is 3. The molecule has 34 heavy (non-hydrogen) atoms. The standard InChI is InChI=1S/C26H30N4O4/c1-26(2,3)34-25(33)30(21-5-4-6-21)24(32)29-22(23(28)31)15-17-7-11-19(12-8-17)20-13-9-18(16-27)10-14-20/h7-14,21-22H,4-6,15H2,1-3H3,(H2,28,31)(H,29,32)/t22-/m0/s1. The summed E-state index contributed by atoms with van der Waals surface area (Å²) in [6.45, 7) is 5.19. The average Bonchev–Trinajstić information content (AvgIpc) is 2.74. The van der Waals surface area contributed by atoms with Crippen LogP contribution in [0.5, 0.6) is 0 Å². The molecule has 0 unspecified atom stereocenters. The van der Waals surface area contributed by atoms with Crippen molar-refractivity contribution >= 4 is 18.0 Å². The maximum absolute atomic E-state index is 13.0. The minimum Gasteiger partial charge on any atom is -0.443 e. The zero-order valence-electron chi connectivity index (χ0n) is 19.7. The van der Waals surface area contributed by atoms with Gasteiger partial charge in [-0.3, -0.25) is 4.79 Å². The molecule has 3 N–H and O–H groups in total. The molecule has 0 saturated heterocycles. The predicted octanol–water partition coefficient (Wildman–Crippen LogP) is 4.12. The third-order valence-electron chi connectivity index (χ3n) is 5.63. The number of amides is 4. The number of carbonyl (C=O) groups is 3. The Morgan fingerprint density at radius 1 is 1.09 bits per heavy atom. The van der Waals surface area contributed by atoms with Gasteiger partial charge in [-0.15, -0.1) is 0 Å². The molecule has 1 atom stereocenters. The van der Waals surface area contributed by atoms with Crippen molar-refractivity contribution in [2.75, 3.05) is 0 Å². The lowest BCUT2D eigenvalue weighted by Gasteiger charge is -2.37. The van der Waals surface area contributed by atoms with Crippen LogP contribution >= 0.6 is 0 Å². The van der Waals surface area contributed by atoms with Crippen molar-refractivity contribution in [2.24, 2.45) is 5.73 Å². The summed E-state index contributed by atoms with van der Waals surface area (Å²) in [7, 11) is 0. The van der Waals surface area contributed by atoms with Crippen LogP contribution in [0.2, 0.25) is 0 Å².